The average molecular weight is 243 g/mol. The van der Waals surface area contributed by atoms with Crippen molar-refractivity contribution in [2.75, 3.05) is 0 Å². The van der Waals surface area contributed by atoms with Gasteiger partial charge in [-0.1, -0.05) is 34.8 Å². The number of benzene rings is 1. The summed E-state index contributed by atoms with van der Waals surface area (Å²) >= 11 is 0. The van der Waals surface area contributed by atoms with Gasteiger partial charge < -0.3 is 15.2 Å². The van der Waals surface area contributed by atoms with Gasteiger partial charge in [-0.2, -0.15) is 0 Å². The Bertz CT molecular complexity index is 402. The number of carbonyl (C=O) groups is 1. The highest BCUT2D eigenvalue weighted by molar-refractivity contribution is 7.29. The second-order valence-corrected chi connectivity index (χ2v) is 4.00. The molecule has 1 aromatic carbocycles. The maximum Gasteiger partial charge on any atom is 0.506 e. The average Bonchev–Trinajstić information content (AvgIpc) is 2.26. The molecule has 7 heteroatoms. The Morgan fingerprint density at radius 3 is 2.44 bits per heavy atom. The van der Waals surface area contributed by atoms with E-state index in [9.17, 15) is 14.9 Å². The first-order chi connectivity index (χ1) is 7.52. The van der Waals surface area contributed by atoms with E-state index in [1.54, 1.807) is 30.3 Å². The third-order valence-electron chi connectivity index (χ3n) is 1.99. The first-order valence-electron chi connectivity index (χ1n) is 4.41. The molecule has 1 rings (SSSR count). The van der Waals surface area contributed by atoms with Crippen LogP contribution in [0.1, 0.15) is 5.56 Å². The van der Waals surface area contributed by atoms with E-state index in [0.29, 0.717) is 5.56 Å². The number of hydrogen-bond acceptors (Lipinski definition) is 3. The summed E-state index contributed by atoms with van der Waals surface area (Å²) in [6.45, 7) is 0. The summed E-state index contributed by atoms with van der Waals surface area (Å²) in [5, 5.41) is 19.9. The van der Waals surface area contributed by atoms with E-state index < -0.39 is 20.2 Å². The molecule has 2 N–H and O–H groups in total. The SMILES string of the molecule is O=C(O)[C@H](Cc1ccccc1)[N+]([O-])=[P+]([O-])O. The normalized spacial score (nSPS) is 14.2. The summed E-state index contributed by atoms with van der Waals surface area (Å²) in [7, 11) is -3.18. The van der Waals surface area contributed by atoms with Gasteiger partial charge in [0.25, 0.3) is 6.04 Å². The fourth-order valence-corrected chi connectivity index (χ4v) is 1.64. The van der Waals surface area contributed by atoms with Crippen molar-refractivity contribution >= 4 is 14.1 Å². The number of nitrogens with zero attached hydrogens (tertiary/aromatic N) is 1. The van der Waals surface area contributed by atoms with Crippen molar-refractivity contribution in [1.29, 1.82) is 0 Å². The van der Waals surface area contributed by atoms with Crippen LogP contribution < -0.4 is 4.89 Å². The lowest BCUT2D eigenvalue weighted by Crippen LogP contribution is -2.32. The molecule has 16 heavy (non-hydrogen) atoms. The van der Waals surface area contributed by atoms with Crippen LogP contribution in [0.3, 0.4) is 0 Å². The van der Waals surface area contributed by atoms with Crippen LogP contribution in [0.25, 0.3) is 0 Å². The van der Waals surface area contributed by atoms with E-state index in [0.717, 1.165) is 0 Å². The van der Waals surface area contributed by atoms with E-state index >= 15 is 0 Å². The third-order valence-corrected chi connectivity index (χ3v) is 2.61. The van der Waals surface area contributed by atoms with Crippen molar-refractivity contribution in [3.05, 3.63) is 41.1 Å². The van der Waals surface area contributed by atoms with E-state index in [2.05, 4.69) is 0 Å². The standard InChI is InChI=1S/C9H10NO5P/c11-9(12)8(10(13)16(14)15)6-7-4-2-1-3-5-7/h1-5,8H,6H2,(H,11,12)(H,14,15)/t8-/m0/s1. The lowest BCUT2D eigenvalue weighted by Gasteiger charge is -2.08. The third kappa shape index (κ3) is 3.36. The molecule has 2 atom stereocenters. The minimum absolute atomic E-state index is 0.110. The zero-order valence-corrected chi connectivity index (χ0v) is 9.08. The topological polar surface area (TPSA) is 107 Å². The Labute approximate surface area is 92.6 Å². The Balaban J connectivity index is 2.90. The zero-order chi connectivity index (χ0) is 12.1. The van der Waals surface area contributed by atoms with Gasteiger partial charge in [0.05, 0.1) is 6.42 Å². The molecule has 0 fully saturated rings. The molecular weight excluding hydrogens is 233 g/mol. The first kappa shape index (κ1) is 12.7. The van der Waals surface area contributed by atoms with Gasteiger partial charge in [-0.05, 0) is 5.56 Å². The van der Waals surface area contributed by atoms with Crippen LogP contribution in [0.15, 0.2) is 30.3 Å². The van der Waals surface area contributed by atoms with Gasteiger partial charge in [0.15, 0.2) is 0 Å². The fraction of sp³-hybridized carbons (Fsp3) is 0.222. The first-order valence-corrected chi connectivity index (χ1v) is 5.58. The van der Waals surface area contributed by atoms with E-state index in [-0.39, 0.29) is 10.9 Å². The van der Waals surface area contributed by atoms with Crippen LogP contribution in [0.5, 0.6) is 0 Å². The van der Waals surface area contributed by atoms with Crippen LogP contribution >= 0.6 is 8.17 Å². The summed E-state index contributed by atoms with van der Waals surface area (Å²) in [6, 6.07) is 6.89. The van der Waals surface area contributed by atoms with E-state index in [4.69, 9.17) is 10.00 Å². The maximum absolute atomic E-state index is 11.1. The van der Waals surface area contributed by atoms with E-state index in [1.165, 1.54) is 0 Å². The molecule has 0 aromatic heterocycles. The summed E-state index contributed by atoms with van der Waals surface area (Å²) < 4.78 is -0.301. The van der Waals surface area contributed by atoms with Gasteiger partial charge in [0, 0.05) is 0 Å². The van der Waals surface area contributed by atoms with Gasteiger partial charge in [-0.15, -0.1) is 4.89 Å². The number of rotatable bonds is 4. The molecule has 0 aliphatic heterocycles. The monoisotopic (exact) mass is 243 g/mol. The summed E-state index contributed by atoms with van der Waals surface area (Å²) in [5.74, 6) is -1.42. The molecule has 1 aromatic rings. The summed E-state index contributed by atoms with van der Waals surface area (Å²) in [5.41, 5.74) is 0.618. The zero-order valence-electron chi connectivity index (χ0n) is 8.18. The number of aliphatic carboxylic acids is 1. The van der Waals surface area contributed by atoms with Crippen molar-refractivity contribution in [2.24, 2.45) is 0 Å². The molecule has 86 valence electrons. The van der Waals surface area contributed by atoms with Crippen molar-refractivity contribution in [3.8, 4) is 0 Å². The highest BCUT2D eigenvalue weighted by atomic mass is 31.1. The van der Waals surface area contributed by atoms with Crippen molar-refractivity contribution in [1.82, 2.24) is 0 Å². The van der Waals surface area contributed by atoms with Crippen molar-refractivity contribution < 1.29 is 24.2 Å². The van der Waals surface area contributed by atoms with Crippen LogP contribution in [0.4, 0.5) is 0 Å². The Kier molecular flexibility index (Phi) is 4.52. The minimum atomic E-state index is -3.18. The number of hydrogen-bond donors (Lipinski definition) is 2. The molecule has 0 amide bonds. The Hall–Kier alpha value is -1.33. The van der Waals surface area contributed by atoms with Gasteiger partial charge in [-0.25, -0.2) is 4.79 Å². The molecule has 6 nitrogen and oxygen atoms in total. The molecule has 1 unspecified atom stereocenters. The molecule has 0 saturated carbocycles. The molecule has 0 radical (unpaired) electrons. The second kappa shape index (κ2) is 5.67. The Morgan fingerprint density at radius 2 is 2.00 bits per heavy atom. The highest BCUT2D eigenvalue weighted by Crippen LogP contribution is 2.13. The fourth-order valence-electron chi connectivity index (χ4n) is 1.22. The maximum atomic E-state index is 11.1. The minimum Gasteiger partial charge on any atom is -0.548 e. The van der Waals surface area contributed by atoms with Crippen LogP contribution in [0, 0.1) is 5.21 Å². The number of carboxylic acids is 1. The molecule has 0 heterocycles. The molecule has 0 bridgehead atoms. The lowest BCUT2D eigenvalue weighted by atomic mass is 10.1. The van der Waals surface area contributed by atoms with Crippen LogP contribution in [0.2, 0.25) is 0 Å². The number of hydroxylamine groups is 1. The largest absolute Gasteiger partial charge is 0.548 e. The van der Waals surface area contributed by atoms with Gasteiger partial charge in [0.1, 0.15) is 0 Å². The molecule has 0 aliphatic rings. The van der Waals surface area contributed by atoms with Crippen molar-refractivity contribution in [3.63, 3.8) is 0 Å². The summed E-state index contributed by atoms with van der Waals surface area (Å²) in [6.07, 6.45) is -0.110. The lowest BCUT2D eigenvalue weighted by molar-refractivity contribution is -0.493. The van der Waals surface area contributed by atoms with E-state index in [1.807, 2.05) is 0 Å². The summed E-state index contributed by atoms with van der Waals surface area (Å²) in [4.78, 5) is 29.9. The molecule has 0 spiro atoms. The van der Waals surface area contributed by atoms with Crippen LogP contribution in [-0.2, 0) is 11.2 Å². The smallest absolute Gasteiger partial charge is 0.506 e. The molecular formula is C9H10NO5P. The van der Waals surface area contributed by atoms with Gasteiger partial charge in [-0.3, -0.25) is 0 Å². The Morgan fingerprint density at radius 1 is 1.44 bits per heavy atom. The highest BCUT2D eigenvalue weighted by Gasteiger charge is 2.30. The molecule has 0 aliphatic carbocycles. The second-order valence-electron chi connectivity index (χ2n) is 3.10. The predicted molar refractivity (Wildman–Crippen MR) is 54.3 cm³/mol. The van der Waals surface area contributed by atoms with Gasteiger partial charge >= 0.3 is 14.1 Å². The van der Waals surface area contributed by atoms with Crippen LogP contribution in [-0.4, -0.2) is 26.5 Å². The predicted octanol–water partition coefficient (Wildman–Crippen LogP) is 0.0407. The van der Waals surface area contributed by atoms with Crippen molar-refractivity contribution in [2.45, 2.75) is 12.5 Å². The van der Waals surface area contributed by atoms with Gasteiger partial charge in [0.2, 0.25) is 0 Å². The quantitative estimate of drug-likeness (QED) is 0.573. The number of carboxylic acid groups (broad SMARTS) is 1. The molecule has 0 saturated heterocycles.